The van der Waals surface area contributed by atoms with Crippen molar-refractivity contribution in [2.75, 3.05) is 5.32 Å². The van der Waals surface area contributed by atoms with Gasteiger partial charge in [0.15, 0.2) is 0 Å². The van der Waals surface area contributed by atoms with Crippen molar-refractivity contribution in [1.82, 2.24) is 14.8 Å². The lowest BCUT2D eigenvalue weighted by atomic mass is 10.1. The molecular weight excluding hydrogens is 421 g/mol. The number of halogens is 5. The second-order valence-electron chi connectivity index (χ2n) is 6.71. The second-order valence-corrected chi connectivity index (χ2v) is 7.78. The van der Waals surface area contributed by atoms with Crippen LogP contribution in [0.2, 0.25) is 0 Å². The van der Waals surface area contributed by atoms with Crippen molar-refractivity contribution in [2.45, 2.75) is 49.6 Å². The lowest BCUT2D eigenvalue weighted by Crippen LogP contribution is -2.16. The van der Waals surface area contributed by atoms with Gasteiger partial charge in [0.1, 0.15) is 5.82 Å². The molecule has 156 valence electrons. The smallest absolute Gasteiger partial charge is 0.333 e. The van der Waals surface area contributed by atoms with E-state index >= 15 is 0 Å². The van der Waals surface area contributed by atoms with Crippen LogP contribution in [-0.2, 0) is 40.5 Å². The van der Waals surface area contributed by atoms with E-state index in [-0.39, 0.29) is 21.6 Å². The van der Waals surface area contributed by atoms with Crippen molar-refractivity contribution in [3.8, 4) is 0 Å². The molecule has 0 atom stereocenters. The molecule has 2 aromatic rings. The number of amides is 2. The number of pyridine rings is 1. The summed E-state index contributed by atoms with van der Waals surface area (Å²) >= 11 is 0. The zero-order valence-electron chi connectivity index (χ0n) is 14.6. The Balaban J connectivity index is 1.65. The molecule has 0 fully saturated rings. The highest BCUT2D eigenvalue weighted by molar-refractivity contribution is 7.75. The van der Waals surface area contributed by atoms with Gasteiger partial charge in [-0.25, -0.2) is 22.6 Å². The van der Waals surface area contributed by atoms with Gasteiger partial charge < -0.3 is 13.9 Å². The minimum absolute atomic E-state index is 0.0549. The summed E-state index contributed by atoms with van der Waals surface area (Å²) in [6.07, 6.45) is 1.02. The average Bonchev–Trinajstić information content (AvgIpc) is 3.30. The third-order valence-electron chi connectivity index (χ3n) is 4.69. The van der Waals surface area contributed by atoms with Crippen LogP contribution < -0.4 is 5.32 Å². The summed E-state index contributed by atoms with van der Waals surface area (Å²) < 4.78 is 81.7. The number of hydrogen-bond acceptors (Lipinski definition) is 5. The van der Waals surface area contributed by atoms with E-state index in [0.717, 1.165) is 6.42 Å². The molecule has 1 N–H and O–H groups in total. The summed E-state index contributed by atoms with van der Waals surface area (Å²) in [5.41, 5.74) is 1.76. The number of rotatable bonds is 3. The third kappa shape index (κ3) is 3.70. The predicted octanol–water partition coefficient (Wildman–Crippen LogP) is 3.77. The molecule has 0 saturated heterocycles. The van der Waals surface area contributed by atoms with Crippen molar-refractivity contribution < 1.29 is 31.0 Å². The Morgan fingerprint density at radius 2 is 2.00 bits per heavy atom. The fourth-order valence-electron chi connectivity index (χ4n) is 3.55. The van der Waals surface area contributed by atoms with Gasteiger partial charge in [-0.1, -0.05) is 0 Å². The molecule has 4 rings (SSSR count). The summed E-state index contributed by atoms with van der Waals surface area (Å²) in [6.45, 7) is -3.16. The highest BCUT2D eigenvalue weighted by Crippen LogP contribution is 2.41. The van der Waals surface area contributed by atoms with E-state index < -0.39 is 52.8 Å². The van der Waals surface area contributed by atoms with Gasteiger partial charge in [0.25, 0.3) is 5.92 Å². The molecule has 13 heteroatoms. The molecule has 0 radical (unpaired) electrons. The molecular formula is C16H13F5N5O2S-. The molecule has 2 aliphatic carbocycles. The molecule has 0 aliphatic heterocycles. The first-order valence-electron chi connectivity index (χ1n) is 8.53. The van der Waals surface area contributed by atoms with Crippen LogP contribution in [0.1, 0.15) is 35.5 Å². The fraction of sp³-hybridized carbons (Fsp3) is 0.438. The highest BCUT2D eigenvalue weighted by Gasteiger charge is 2.41. The zero-order chi connectivity index (χ0) is 20.9. The third-order valence-corrected chi connectivity index (χ3v) is 5.63. The van der Waals surface area contributed by atoms with E-state index in [0.29, 0.717) is 30.3 Å². The first-order valence-corrected chi connectivity index (χ1v) is 9.64. The summed E-state index contributed by atoms with van der Waals surface area (Å²) in [4.78, 5) is 16.5. The number of carbonyl (C=O) groups excluding carboxylic acids is 1. The molecule has 0 saturated carbocycles. The molecule has 0 spiro atoms. The number of nitrogens with zero attached hydrogens (tertiary/aromatic N) is 4. The Hall–Kier alpha value is -2.57. The zero-order valence-corrected chi connectivity index (χ0v) is 15.4. The van der Waals surface area contributed by atoms with E-state index in [1.165, 1.54) is 0 Å². The number of anilines is 1. The van der Waals surface area contributed by atoms with Gasteiger partial charge >= 0.3 is 12.6 Å². The Morgan fingerprint density at radius 1 is 1.24 bits per heavy atom. The topological polar surface area (TPSA) is 89.2 Å². The number of carbonyl (C=O) groups is 1. The molecule has 2 aromatic heterocycles. The maximum atomic E-state index is 13.8. The lowest BCUT2D eigenvalue weighted by molar-refractivity contribution is 0.0126. The van der Waals surface area contributed by atoms with Crippen LogP contribution in [0, 0.1) is 5.82 Å². The number of nitrogens with one attached hydrogen (secondary N) is 1. The number of fused-ring (bicyclic) bond motifs is 2. The Morgan fingerprint density at radius 3 is 2.69 bits per heavy atom. The van der Waals surface area contributed by atoms with Crippen LogP contribution in [0.15, 0.2) is 15.6 Å². The summed E-state index contributed by atoms with van der Waals surface area (Å²) in [5, 5.41) is 4.53. The van der Waals surface area contributed by atoms with Crippen LogP contribution in [0.25, 0.3) is 0 Å². The van der Waals surface area contributed by atoms with Crippen LogP contribution >= 0.6 is 0 Å². The van der Waals surface area contributed by atoms with Gasteiger partial charge in [-0.05, 0) is 24.8 Å². The van der Waals surface area contributed by atoms with E-state index in [1.807, 2.05) is 0 Å². The van der Waals surface area contributed by atoms with Crippen molar-refractivity contribution in [1.29, 1.82) is 0 Å². The highest BCUT2D eigenvalue weighted by atomic mass is 32.2. The van der Waals surface area contributed by atoms with Gasteiger partial charge in [-0.15, -0.1) is 10.6 Å². The normalized spacial score (nSPS) is 18.1. The molecule has 2 aliphatic rings. The lowest BCUT2D eigenvalue weighted by Gasteiger charge is -2.14. The van der Waals surface area contributed by atoms with Crippen molar-refractivity contribution >= 4 is 22.3 Å². The monoisotopic (exact) mass is 434 g/mol. The number of aromatic nitrogens is 3. The summed E-state index contributed by atoms with van der Waals surface area (Å²) in [6, 6.07) is -1.19. The SMILES string of the molecule is O=C(N=[S-](=O)c1nn(C(F)F)cc1F)Nc1c2c(nc3c1CC(F)(F)C3)CCC2. The Bertz CT molecular complexity index is 1090. The fourth-order valence-corrected chi connectivity index (χ4v) is 4.22. The average molecular weight is 434 g/mol. The van der Waals surface area contributed by atoms with Crippen LogP contribution in [0.3, 0.4) is 0 Å². The van der Waals surface area contributed by atoms with Crippen LogP contribution in [0.4, 0.5) is 32.4 Å². The predicted molar refractivity (Wildman–Crippen MR) is 89.8 cm³/mol. The Labute approximate surface area is 162 Å². The molecule has 0 unspecified atom stereocenters. The quantitative estimate of drug-likeness (QED) is 0.588. The van der Waals surface area contributed by atoms with Crippen molar-refractivity contribution in [2.24, 2.45) is 4.36 Å². The molecule has 29 heavy (non-hydrogen) atoms. The number of alkyl halides is 4. The number of aryl methyl sites for hydroxylation is 1. The van der Waals surface area contributed by atoms with Gasteiger partial charge in [0.05, 0.1) is 24.0 Å². The molecule has 0 bridgehead atoms. The minimum atomic E-state index is -3.16. The van der Waals surface area contributed by atoms with Gasteiger partial charge in [0.2, 0.25) is 0 Å². The van der Waals surface area contributed by atoms with Crippen molar-refractivity contribution in [3.63, 3.8) is 0 Å². The number of urea groups is 1. The van der Waals surface area contributed by atoms with E-state index in [1.54, 1.807) is 0 Å². The summed E-state index contributed by atoms with van der Waals surface area (Å²) in [5.74, 6) is -4.31. The first kappa shape index (κ1) is 19.7. The molecule has 7 nitrogen and oxygen atoms in total. The summed E-state index contributed by atoms with van der Waals surface area (Å²) in [7, 11) is -2.70. The van der Waals surface area contributed by atoms with Crippen LogP contribution in [0.5, 0.6) is 0 Å². The first-order chi connectivity index (χ1) is 13.6. The second kappa shape index (κ2) is 7.04. The van der Waals surface area contributed by atoms with Gasteiger partial charge in [0, 0.05) is 22.7 Å². The molecule has 0 aromatic carbocycles. The molecule has 2 amide bonds. The maximum Gasteiger partial charge on any atom is 0.333 e. The van der Waals surface area contributed by atoms with E-state index in [2.05, 4.69) is 19.8 Å². The largest absolute Gasteiger partial charge is 0.438 e. The van der Waals surface area contributed by atoms with Gasteiger partial charge in [-0.3, -0.25) is 4.98 Å². The molecule has 2 heterocycles. The standard InChI is InChI=1S/C16H13F5N5O2S/c17-9-6-26(14(18)19)24-13(9)29(28)25-15(27)23-12-7-2-1-3-10(7)22-11-5-16(20,21)4-8(11)12/h6,14H,1-5H2,(H,22,23,27)/q-1. The Kier molecular flexibility index (Phi) is 4.79. The van der Waals surface area contributed by atoms with Gasteiger partial charge in [-0.2, -0.15) is 13.9 Å². The van der Waals surface area contributed by atoms with Crippen LogP contribution in [-0.4, -0.2) is 26.7 Å². The van der Waals surface area contributed by atoms with Crippen molar-refractivity contribution in [3.05, 3.63) is 34.5 Å². The van der Waals surface area contributed by atoms with E-state index in [4.69, 9.17) is 0 Å². The number of hydrogen-bond donors (Lipinski definition) is 1. The maximum absolute atomic E-state index is 13.8. The van der Waals surface area contributed by atoms with E-state index in [9.17, 15) is 31.0 Å². The minimum Gasteiger partial charge on any atom is -0.438 e.